The molecule has 0 spiro atoms. The van der Waals surface area contributed by atoms with E-state index in [-0.39, 0.29) is 24.0 Å². The summed E-state index contributed by atoms with van der Waals surface area (Å²) in [5, 5.41) is 23.2. The molecule has 174 valence electrons. The number of carbonyl (C=O) groups excluding carboxylic acids is 1. The average Bonchev–Trinajstić information content (AvgIpc) is 2.86. The lowest BCUT2D eigenvalue weighted by Crippen LogP contribution is -2.49. The Morgan fingerprint density at radius 1 is 0.941 bits per heavy atom. The van der Waals surface area contributed by atoms with Gasteiger partial charge < -0.3 is 10.0 Å². The molecule has 0 atom stereocenters. The molecule has 3 aromatic carbocycles. The molecule has 2 N–H and O–H groups in total. The zero-order valence-electron chi connectivity index (χ0n) is 18.5. The van der Waals surface area contributed by atoms with E-state index in [4.69, 9.17) is 11.6 Å². The molecule has 0 unspecified atom stereocenters. The highest BCUT2D eigenvalue weighted by Crippen LogP contribution is 2.21. The lowest BCUT2D eigenvalue weighted by molar-refractivity contribution is -0.122. The van der Waals surface area contributed by atoms with E-state index in [1.165, 1.54) is 11.8 Å². The number of aromatic hydroxyl groups is 1. The van der Waals surface area contributed by atoms with Gasteiger partial charge in [-0.05, 0) is 42.5 Å². The summed E-state index contributed by atoms with van der Waals surface area (Å²) < 4.78 is 0. The summed E-state index contributed by atoms with van der Waals surface area (Å²) in [7, 11) is 0. The van der Waals surface area contributed by atoms with Crippen LogP contribution in [0.4, 0.5) is 11.4 Å². The number of rotatable bonds is 6. The van der Waals surface area contributed by atoms with Crippen molar-refractivity contribution in [3.05, 3.63) is 89.4 Å². The summed E-state index contributed by atoms with van der Waals surface area (Å²) >= 11 is 6.00. The van der Waals surface area contributed by atoms with Crippen molar-refractivity contribution in [1.29, 1.82) is 0 Å². The summed E-state index contributed by atoms with van der Waals surface area (Å²) in [6, 6.07) is 23.7. The Morgan fingerprint density at radius 2 is 1.68 bits per heavy atom. The maximum atomic E-state index is 12.6. The van der Waals surface area contributed by atoms with E-state index in [1.54, 1.807) is 42.5 Å². The van der Waals surface area contributed by atoms with Gasteiger partial charge in [0.05, 0.1) is 17.8 Å². The zero-order chi connectivity index (χ0) is 23.8. The number of halogens is 1. The van der Waals surface area contributed by atoms with Crippen LogP contribution >= 0.6 is 11.6 Å². The number of nitrogens with zero attached hydrogens (tertiary/aromatic N) is 5. The van der Waals surface area contributed by atoms with E-state index < -0.39 is 0 Å². The van der Waals surface area contributed by atoms with Gasteiger partial charge in [0.2, 0.25) is 5.84 Å². The Morgan fingerprint density at radius 3 is 2.41 bits per heavy atom. The predicted octanol–water partition coefficient (Wildman–Crippen LogP) is 4.43. The molecule has 8 nitrogen and oxygen atoms in total. The van der Waals surface area contributed by atoms with E-state index in [0.717, 1.165) is 26.2 Å². The number of carbonyl (C=O) groups is 1. The van der Waals surface area contributed by atoms with Gasteiger partial charge in [0, 0.05) is 36.9 Å². The maximum Gasteiger partial charge on any atom is 0.254 e. The molecule has 1 fully saturated rings. The van der Waals surface area contributed by atoms with Crippen molar-refractivity contribution < 1.29 is 9.90 Å². The third-order valence-corrected chi connectivity index (χ3v) is 5.60. The van der Waals surface area contributed by atoms with Gasteiger partial charge in [-0.2, -0.15) is 5.10 Å². The number of piperazine rings is 1. The molecule has 0 radical (unpaired) electrons. The van der Waals surface area contributed by atoms with Gasteiger partial charge in [0.1, 0.15) is 5.75 Å². The van der Waals surface area contributed by atoms with E-state index in [0.29, 0.717) is 16.3 Å². The second-order valence-electron chi connectivity index (χ2n) is 7.77. The number of amidine groups is 1. The number of phenolic OH excluding ortho intramolecular Hbond substituents is 1. The third kappa shape index (κ3) is 6.40. The second kappa shape index (κ2) is 11.4. The molecule has 0 bridgehead atoms. The first-order chi connectivity index (χ1) is 16.6. The minimum absolute atomic E-state index is 0.0161. The van der Waals surface area contributed by atoms with Crippen LogP contribution in [0.25, 0.3) is 0 Å². The predicted molar refractivity (Wildman–Crippen MR) is 134 cm³/mol. The first kappa shape index (κ1) is 23.4. The van der Waals surface area contributed by atoms with E-state index in [2.05, 4.69) is 42.7 Å². The topological polar surface area (TPSA) is 92.9 Å². The van der Waals surface area contributed by atoms with Crippen LogP contribution in [0.3, 0.4) is 0 Å². The Kier molecular flexibility index (Phi) is 7.85. The molecule has 34 heavy (non-hydrogen) atoms. The van der Waals surface area contributed by atoms with E-state index in [9.17, 15) is 9.90 Å². The second-order valence-corrected chi connectivity index (χ2v) is 8.20. The normalized spacial score (nSPS) is 15.0. The van der Waals surface area contributed by atoms with Crippen molar-refractivity contribution in [2.24, 2.45) is 15.3 Å². The number of benzene rings is 3. The van der Waals surface area contributed by atoms with Crippen LogP contribution in [-0.4, -0.2) is 54.5 Å². The Hall–Kier alpha value is -3.75. The zero-order valence-corrected chi connectivity index (χ0v) is 19.3. The number of phenols is 1. The molecule has 4 rings (SSSR count). The molecule has 1 amide bonds. The number of nitrogens with one attached hydrogen (secondary N) is 1. The first-order valence-corrected chi connectivity index (χ1v) is 11.3. The van der Waals surface area contributed by atoms with Crippen molar-refractivity contribution in [2.45, 2.75) is 0 Å². The Balaban J connectivity index is 1.40. The van der Waals surface area contributed by atoms with Gasteiger partial charge in [0.25, 0.3) is 5.91 Å². The molecule has 1 aliphatic heterocycles. The molecule has 1 aliphatic rings. The van der Waals surface area contributed by atoms with Crippen LogP contribution in [0, 0.1) is 0 Å². The summed E-state index contributed by atoms with van der Waals surface area (Å²) in [5.41, 5.74) is 4.62. The number of hydrazone groups is 1. The fourth-order valence-electron chi connectivity index (χ4n) is 3.60. The van der Waals surface area contributed by atoms with Gasteiger partial charge in [-0.3, -0.25) is 9.69 Å². The number of para-hydroxylation sites is 2. The van der Waals surface area contributed by atoms with Crippen LogP contribution in [0.5, 0.6) is 5.75 Å². The minimum Gasteiger partial charge on any atom is -0.507 e. The highest BCUT2D eigenvalue weighted by atomic mass is 35.5. The van der Waals surface area contributed by atoms with Gasteiger partial charge in [-0.15, -0.1) is 10.2 Å². The molecule has 3 aromatic rings. The average molecular weight is 477 g/mol. The van der Waals surface area contributed by atoms with Gasteiger partial charge in [-0.25, -0.2) is 5.43 Å². The lowest BCUT2D eigenvalue weighted by atomic mass is 10.2. The third-order valence-electron chi connectivity index (χ3n) is 5.36. The molecule has 1 heterocycles. The first-order valence-electron chi connectivity index (χ1n) is 10.9. The summed E-state index contributed by atoms with van der Waals surface area (Å²) in [6.07, 6.45) is 0. The molecule has 0 aliphatic carbocycles. The smallest absolute Gasteiger partial charge is 0.254 e. The highest BCUT2D eigenvalue weighted by molar-refractivity contribution is 6.30. The van der Waals surface area contributed by atoms with Crippen molar-refractivity contribution in [1.82, 2.24) is 10.3 Å². The summed E-state index contributed by atoms with van der Waals surface area (Å²) in [6.45, 7) is 3.44. The molecular formula is C25H25ClN6O2. The molecule has 9 heteroatoms. The Labute approximate surface area is 203 Å². The number of hydrogen-bond acceptors (Lipinski definition) is 6. The van der Waals surface area contributed by atoms with Crippen molar-refractivity contribution in [3.63, 3.8) is 0 Å². The fraction of sp³-hybridized carbons (Fsp3) is 0.200. The van der Waals surface area contributed by atoms with Gasteiger partial charge >= 0.3 is 0 Å². The minimum atomic E-state index is -0.265. The van der Waals surface area contributed by atoms with Crippen molar-refractivity contribution in [2.75, 3.05) is 37.6 Å². The maximum absolute atomic E-state index is 12.6. The van der Waals surface area contributed by atoms with Gasteiger partial charge in [0.15, 0.2) is 0 Å². The van der Waals surface area contributed by atoms with E-state index >= 15 is 0 Å². The monoisotopic (exact) mass is 476 g/mol. The molecular weight excluding hydrogens is 452 g/mol. The molecule has 1 saturated heterocycles. The SMILES string of the molecule is O=C(CN1CCN(c2ccccc2)CC1)N/N=C(\N=Nc1cccc(Cl)c1)c1ccccc1O. The van der Waals surface area contributed by atoms with Crippen LogP contribution < -0.4 is 10.3 Å². The summed E-state index contributed by atoms with van der Waals surface area (Å²) in [5.74, 6) is -0.197. The number of hydrogen-bond donors (Lipinski definition) is 2. The van der Waals surface area contributed by atoms with E-state index in [1.807, 2.05) is 18.2 Å². The van der Waals surface area contributed by atoms with Gasteiger partial charge in [-0.1, -0.05) is 48.0 Å². The molecule has 0 saturated carbocycles. The largest absolute Gasteiger partial charge is 0.507 e. The Bertz CT molecular complexity index is 1180. The van der Waals surface area contributed by atoms with Crippen LogP contribution in [-0.2, 0) is 4.79 Å². The standard InChI is InChI=1S/C25H25ClN6O2/c26-19-7-6-8-20(17-19)27-29-25(22-11-4-5-12-23(22)33)30-28-24(34)18-31-13-15-32(16-14-31)21-9-2-1-3-10-21/h1-12,17,33H,13-16,18H2,(H,28,34)/b29-27?,30-25-. The number of anilines is 1. The van der Waals surface area contributed by atoms with Crippen LogP contribution in [0.1, 0.15) is 5.56 Å². The summed E-state index contributed by atoms with van der Waals surface area (Å²) in [4.78, 5) is 17.0. The van der Waals surface area contributed by atoms with Crippen LogP contribution in [0.2, 0.25) is 5.02 Å². The van der Waals surface area contributed by atoms with Crippen molar-refractivity contribution >= 4 is 34.7 Å². The lowest BCUT2D eigenvalue weighted by Gasteiger charge is -2.35. The molecule has 0 aromatic heterocycles. The van der Waals surface area contributed by atoms with Crippen molar-refractivity contribution in [3.8, 4) is 5.75 Å². The highest BCUT2D eigenvalue weighted by Gasteiger charge is 2.19. The quantitative estimate of drug-likeness (QED) is 0.238. The number of azo groups is 1. The number of amides is 1. The fourth-order valence-corrected chi connectivity index (χ4v) is 3.78. The van der Waals surface area contributed by atoms with Crippen LogP contribution in [0.15, 0.2) is 94.2 Å².